The highest BCUT2D eigenvalue weighted by atomic mass is 16.5. The first-order chi connectivity index (χ1) is 10.2. The zero-order chi connectivity index (χ0) is 14.8. The molecule has 0 fully saturated rings. The number of benzene rings is 1. The Hall–Kier alpha value is -3.02. The van der Waals surface area contributed by atoms with Crippen molar-refractivity contribution >= 4 is 28.4 Å². The molecule has 1 aromatic carbocycles. The number of fused-ring (bicyclic) bond motifs is 1. The molecule has 3 N–H and O–H groups in total. The van der Waals surface area contributed by atoms with Gasteiger partial charge in [-0.1, -0.05) is 0 Å². The summed E-state index contributed by atoms with van der Waals surface area (Å²) in [6, 6.07) is 10.4. The van der Waals surface area contributed by atoms with Crippen molar-refractivity contribution in [2.75, 3.05) is 18.2 Å². The number of aromatic nitrogens is 1. The lowest BCUT2D eigenvalue weighted by molar-refractivity contribution is 0.1000. The van der Waals surface area contributed by atoms with Crippen molar-refractivity contribution < 1.29 is 13.9 Å². The smallest absolute Gasteiger partial charge is 0.293 e. The summed E-state index contributed by atoms with van der Waals surface area (Å²) in [6.45, 7) is 0. The maximum absolute atomic E-state index is 12.2. The number of rotatable bonds is 3. The molecule has 6 nitrogen and oxygen atoms in total. The first-order valence-corrected chi connectivity index (χ1v) is 6.27. The van der Waals surface area contributed by atoms with E-state index in [4.69, 9.17) is 14.9 Å². The minimum atomic E-state index is -0.421. The van der Waals surface area contributed by atoms with Gasteiger partial charge in [0.25, 0.3) is 5.91 Å². The zero-order valence-electron chi connectivity index (χ0n) is 11.3. The molecule has 21 heavy (non-hydrogen) atoms. The number of hydrogen-bond donors (Lipinski definition) is 2. The van der Waals surface area contributed by atoms with E-state index in [0.717, 1.165) is 0 Å². The number of furan rings is 1. The van der Waals surface area contributed by atoms with Gasteiger partial charge in [0.2, 0.25) is 5.76 Å². The van der Waals surface area contributed by atoms with Gasteiger partial charge in [-0.05, 0) is 36.4 Å². The van der Waals surface area contributed by atoms with Crippen molar-refractivity contribution in [1.82, 2.24) is 4.98 Å². The average Bonchev–Trinajstić information content (AvgIpc) is 2.86. The number of amides is 1. The second-order valence-corrected chi connectivity index (χ2v) is 4.38. The largest absolute Gasteiger partial charge is 0.497 e. The number of anilines is 2. The van der Waals surface area contributed by atoms with Gasteiger partial charge in [0.15, 0.2) is 5.58 Å². The summed E-state index contributed by atoms with van der Waals surface area (Å²) in [5.41, 5.74) is 7.72. The van der Waals surface area contributed by atoms with Gasteiger partial charge in [0, 0.05) is 11.9 Å². The monoisotopic (exact) mass is 283 g/mol. The van der Waals surface area contributed by atoms with E-state index in [-0.39, 0.29) is 11.4 Å². The van der Waals surface area contributed by atoms with Gasteiger partial charge in [0.05, 0.1) is 7.11 Å². The summed E-state index contributed by atoms with van der Waals surface area (Å²) >= 11 is 0. The molecular formula is C15H13N3O3. The molecule has 0 saturated heterocycles. The fourth-order valence-corrected chi connectivity index (χ4v) is 1.98. The number of carbonyl (C=O) groups is 1. The van der Waals surface area contributed by atoms with Crippen molar-refractivity contribution in [3.05, 3.63) is 48.4 Å². The molecule has 2 heterocycles. The summed E-state index contributed by atoms with van der Waals surface area (Å²) in [5, 5.41) is 2.72. The van der Waals surface area contributed by atoms with Gasteiger partial charge in [-0.15, -0.1) is 0 Å². The molecule has 0 spiro atoms. The highest BCUT2D eigenvalue weighted by molar-refractivity contribution is 6.10. The third kappa shape index (κ3) is 2.38. The SMILES string of the molecule is COc1ccc(NC(=O)c2oc3cccnc3c2N)cc1. The normalized spacial score (nSPS) is 10.5. The van der Waals surface area contributed by atoms with Crippen molar-refractivity contribution in [3.63, 3.8) is 0 Å². The second kappa shape index (κ2) is 5.16. The van der Waals surface area contributed by atoms with E-state index in [2.05, 4.69) is 10.3 Å². The van der Waals surface area contributed by atoms with Crippen LogP contribution in [-0.4, -0.2) is 18.0 Å². The molecule has 3 aromatic rings. The minimum absolute atomic E-state index is 0.0551. The van der Waals surface area contributed by atoms with E-state index in [0.29, 0.717) is 22.5 Å². The van der Waals surface area contributed by atoms with Crippen LogP contribution in [0.15, 0.2) is 47.0 Å². The Labute approximate surface area is 120 Å². The van der Waals surface area contributed by atoms with E-state index < -0.39 is 5.91 Å². The number of pyridine rings is 1. The predicted molar refractivity (Wildman–Crippen MR) is 79.4 cm³/mol. The van der Waals surface area contributed by atoms with E-state index in [1.807, 2.05) is 0 Å². The topological polar surface area (TPSA) is 90.4 Å². The minimum Gasteiger partial charge on any atom is -0.497 e. The Kier molecular flexibility index (Phi) is 3.19. The predicted octanol–water partition coefficient (Wildman–Crippen LogP) is 2.67. The Balaban J connectivity index is 1.87. The van der Waals surface area contributed by atoms with Crippen LogP contribution in [0.5, 0.6) is 5.75 Å². The van der Waals surface area contributed by atoms with Crippen LogP contribution in [0.1, 0.15) is 10.6 Å². The van der Waals surface area contributed by atoms with E-state index in [1.54, 1.807) is 49.7 Å². The number of nitrogens with two attached hydrogens (primary N) is 1. The number of carbonyl (C=O) groups excluding carboxylic acids is 1. The molecule has 3 rings (SSSR count). The number of ether oxygens (including phenoxy) is 1. The van der Waals surface area contributed by atoms with Crippen LogP contribution >= 0.6 is 0 Å². The number of methoxy groups -OCH3 is 1. The molecule has 0 atom stereocenters. The van der Waals surface area contributed by atoms with Crippen LogP contribution in [0, 0.1) is 0 Å². The Morgan fingerprint density at radius 1 is 1.29 bits per heavy atom. The van der Waals surface area contributed by atoms with Gasteiger partial charge in [0.1, 0.15) is 17.0 Å². The number of hydrogen-bond acceptors (Lipinski definition) is 5. The highest BCUT2D eigenvalue weighted by Gasteiger charge is 2.19. The van der Waals surface area contributed by atoms with Crippen molar-refractivity contribution in [1.29, 1.82) is 0 Å². The molecule has 1 amide bonds. The summed E-state index contributed by atoms with van der Waals surface area (Å²) < 4.78 is 10.5. The Bertz CT molecular complexity index is 794. The van der Waals surface area contributed by atoms with Gasteiger partial charge in [-0.25, -0.2) is 0 Å². The third-order valence-electron chi connectivity index (χ3n) is 3.04. The van der Waals surface area contributed by atoms with Crippen molar-refractivity contribution in [3.8, 4) is 5.75 Å². The van der Waals surface area contributed by atoms with Crippen LogP contribution in [0.3, 0.4) is 0 Å². The fourth-order valence-electron chi connectivity index (χ4n) is 1.98. The maximum atomic E-state index is 12.2. The van der Waals surface area contributed by atoms with Crippen molar-refractivity contribution in [2.45, 2.75) is 0 Å². The molecule has 106 valence electrons. The lowest BCUT2D eigenvalue weighted by Gasteiger charge is -2.05. The standard InChI is InChI=1S/C15H13N3O3/c1-20-10-6-4-9(5-7-10)18-15(19)14-12(16)13-11(21-14)3-2-8-17-13/h2-8H,16H2,1H3,(H,18,19). The highest BCUT2D eigenvalue weighted by Crippen LogP contribution is 2.27. The van der Waals surface area contributed by atoms with Crippen molar-refractivity contribution in [2.24, 2.45) is 0 Å². The molecular weight excluding hydrogens is 270 g/mol. The first kappa shape index (κ1) is 13.0. The molecule has 2 aromatic heterocycles. The molecule has 0 aliphatic heterocycles. The number of nitrogens with one attached hydrogen (secondary N) is 1. The number of nitrogen functional groups attached to an aromatic ring is 1. The molecule has 6 heteroatoms. The Morgan fingerprint density at radius 3 is 2.71 bits per heavy atom. The summed E-state index contributed by atoms with van der Waals surface area (Å²) in [6.07, 6.45) is 1.60. The summed E-state index contributed by atoms with van der Waals surface area (Å²) in [7, 11) is 1.58. The third-order valence-corrected chi connectivity index (χ3v) is 3.04. The van der Waals surface area contributed by atoms with E-state index in [1.165, 1.54) is 0 Å². The molecule has 0 aliphatic carbocycles. The zero-order valence-corrected chi connectivity index (χ0v) is 11.3. The van der Waals surface area contributed by atoms with Crippen LogP contribution < -0.4 is 15.8 Å². The van der Waals surface area contributed by atoms with Gasteiger partial charge in [-0.2, -0.15) is 0 Å². The lowest BCUT2D eigenvalue weighted by atomic mass is 10.2. The summed E-state index contributed by atoms with van der Waals surface area (Å²) in [5.74, 6) is 0.343. The molecule has 0 unspecified atom stereocenters. The fraction of sp³-hybridized carbons (Fsp3) is 0.0667. The quantitative estimate of drug-likeness (QED) is 0.771. The number of nitrogens with zero attached hydrogens (tertiary/aromatic N) is 1. The van der Waals surface area contributed by atoms with Crippen LogP contribution in [0.2, 0.25) is 0 Å². The first-order valence-electron chi connectivity index (χ1n) is 6.27. The van der Waals surface area contributed by atoms with Crippen LogP contribution in [0.25, 0.3) is 11.1 Å². The molecule has 0 radical (unpaired) electrons. The van der Waals surface area contributed by atoms with Gasteiger partial charge >= 0.3 is 0 Å². The lowest BCUT2D eigenvalue weighted by Crippen LogP contribution is -2.12. The Morgan fingerprint density at radius 2 is 2.05 bits per heavy atom. The average molecular weight is 283 g/mol. The van der Waals surface area contributed by atoms with Crippen LogP contribution in [0.4, 0.5) is 11.4 Å². The maximum Gasteiger partial charge on any atom is 0.293 e. The summed E-state index contributed by atoms with van der Waals surface area (Å²) in [4.78, 5) is 16.3. The molecule has 0 aliphatic rings. The van der Waals surface area contributed by atoms with E-state index >= 15 is 0 Å². The van der Waals surface area contributed by atoms with Gasteiger partial charge < -0.3 is 20.2 Å². The van der Waals surface area contributed by atoms with E-state index in [9.17, 15) is 4.79 Å². The molecule has 0 saturated carbocycles. The second-order valence-electron chi connectivity index (χ2n) is 4.38. The molecule has 0 bridgehead atoms. The van der Waals surface area contributed by atoms with Gasteiger partial charge in [-0.3, -0.25) is 9.78 Å². The van der Waals surface area contributed by atoms with Crippen LogP contribution in [-0.2, 0) is 0 Å².